The van der Waals surface area contributed by atoms with Crippen LogP contribution < -0.4 is 0 Å². The highest BCUT2D eigenvalue weighted by Gasteiger charge is 2.22. The third kappa shape index (κ3) is 3.88. The first-order valence-corrected chi connectivity index (χ1v) is 9.19. The van der Waals surface area contributed by atoms with Gasteiger partial charge in [0.1, 0.15) is 0 Å². The van der Waals surface area contributed by atoms with Gasteiger partial charge in [0.2, 0.25) is 0 Å². The predicted molar refractivity (Wildman–Crippen MR) is 103 cm³/mol. The van der Waals surface area contributed by atoms with Gasteiger partial charge in [-0.3, -0.25) is 4.79 Å². The number of aryl methyl sites for hydroxylation is 1. The molecule has 1 fully saturated rings. The number of H-pyrrole nitrogens is 1. The molecule has 1 aromatic heterocycles. The fourth-order valence-corrected chi connectivity index (χ4v) is 3.77. The first kappa shape index (κ1) is 18.0. The van der Waals surface area contributed by atoms with Gasteiger partial charge in [0.25, 0.3) is 5.91 Å². The first-order valence-electron chi connectivity index (χ1n) is 9.19. The van der Waals surface area contributed by atoms with E-state index in [1.165, 1.54) is 12.8 Å². The lowest BCUT2D eigenvalue weighted by Crippen LogP contribution is -2.44. The first-order chi connectivity index (χ1) is 12.0. The van der Waals surface area contributed by atoms with Gasteiger partial charge in [0.05, 0.1) is 5.56 Å². The number of fused-ring (bicyclic) bond motifs is 1. The SMILES string of the molecule is Cc1[nH]c2ccccc2c1C(=O)N(C)CCN(C)C1CCN(C)CC1. The van der Waals surface area contributed by atoms with Crippen molar-refractivity contribution >= 4 is 16.8 Å². The highest BCUT2D eigenvalue weighted by atomic mass is 16.2. The van der Waals surface area contributed by atoms with Gasteiger partial charge >= 0.3 is 0 Å². The Hall–Kier alpha value is -1.85. The van der Waals surface area contributed by atoms with Gasteiger partial charge in [0.15, 0.2) is 0 Å². The van der Waals surface area contributed by atoms with E-state index in [4.69, 9.17) is 0 Å². The Labute approximate surface area is 150 Å². The summed E-state index contributed by atoms with van der Waals surface area (Å²) in [4.78, 5) is 22.9. The quantitative estimate of drug-likeness (QED) is 0.908. The van der Waals surface area contributed by atoms with E-state index >= 15 is 0 Å². The number of carbonyl (C=O) groups is 1. The molecule has 1 aliphatic rings. The van der Waals surface area contributed by atoms with Crippen molar-refractivity contribution in [3.63, 3.8) is 0 Å². The van der Waals surface area contributed by atoms with Crippen LogP contribution in [0.4, 0.5) is 0 Å². The average molecular weight is 342 g/mol. The zero-order valence-electron chi connectivity index (χ0n) is 15.9. The number of likely N-dealkylation sites (N-methyl/N-ethyl adjacent to an activating group) is 2. The van der Waals surface area contributed by atoms with Crippen LogP contribution in [-0.4, -0.2) is 79.0 Å². The Kier molecular flexibility index (Phi) is 5.45. The molecular formula is C20H30N4O. The molecule has 2 heterocycles. The van der Waals surface area contributed by atoms with Crippen LogP contribution in [0.2, 0.25) is 0 Å². The van der Waals surface area contributed by atoms with Crippen molar-refractivity contribution in [2.45, 2.75) is 25.8 Å². The third-order valence-electron chi connectivity index (χ3n) is 5.55. The maximum atomic E-state index is 13.0. The maximum absolute atomic E-state index is 13.0. The van der Waals surface area contributed by atoms with Crippen LogP contribution in [0.15, 0.2) is 24.3 Å². The predicted octanol–water partition coefficient (Wildman–Crippen LogP) is 2.57. The highest BCUT2D eigenvalue weighted by Crippen LogP contribution is 2.23. The number of benzene rings is 1. The summed E-state index contributed by atoms with van der Waals surface area (Å²) in [6, 6.07) is 8.65. The molecule has 0 atom stereocenters. The lowest BCUT2D eigenvalue weighted by atomic mass is 10.0. The van der Waals surface area contributed by atoms with Gasteiger partial charge in [0, 0.05) is 42.8 Å². The number of rotatable bonds is 5. The minimum atomic E-state index is 0.103. The van der Waals surface area contributed by atoms with Gasteiger partial charge in [-0.15, -0.1) is 0 Å². The van der Waals surface area contributed by atoms with Crippen LogP contribution in [0, 0.1) is 6.92 Å². The molecule has 1 saturated heterocycles. The minimum absolute atomic E-state index is 0.103. The van der Waals surface area contributed by atoms with Crippen molar-refractivity contribution in [3.8, 4) is 0 Å². The second kappa shape index (κ2) is 7.58. The van der Waals surface area contributed by atoms with Gasteiger partial charge in [-0.05, 0) is 53.0 Å². The van der Waals surface area contributed by atoms with Crippen molar-refractivity contribution in [1.29, 1.82) is 0 Å². The summed E-state index contributed by atoms with van der Waals surface area (Å²) in [6.07, 6.45) is 2.43. The molecule has 1 amide bonds. The van der Waals surface area contributed by atoms with Crippen molar-refractivity contribution in [1.82, 2.24) is 19.7 Å². The van der Waals surface area contributed by atoms with E-state index in [9.17, 15) is 4.79 Å². The molecule has 5 heteroatoms. The molecule has 0 unspecified atom stereocenters. The molecule has 1 aromatic carbocycles. The zero-order chi connectivity index (χ0) is 18.0. The van der Waals surface area contributed by atoms with Crippen LogP contribution in [0.5, 0.6) is 0 Å². The monoisotopic (exact) mass is 342 g/mol. The van der Waals surface area contributed by atoms with E-state index < -0.39 is 0 Å². The summed E-state index contributed by atoms with van der Waals surface area (Å²) in [5.74, 6) is 0.103. The van der Waals surface area contributed by atoms with Crippen LogP contribution in [0.3, 0.4) is 0 Å². The Bertz CT molecular complexity index is 730. The molecule has 0 aliphatic carbocycles. The Morgan fingerprint density at radius 2 is 1.88 bits per heavy atom. The number of nitrogens with zero attached hydrogens (tertiary/aromatic N) is 3. The second-order valence-corrected chi connectivity index (χ2v) is 7.41. The molecule has 0 saturated carbocycles. The minimum Gasteiger partial charge on any atom is -0.358 e. The van der Waals surface area contributed by atoms with Crippen LogP contribution in [0.1, 0.15) is 28.9 Å². The number of amides is 1. The topological polar surface area (TPSA) is 42.6 Å². The summed E-state index contributed by atoms with van der Waals surface area (Å²) in [6.45, 7) is 5.97. The normalized spacial score (nSPS) is 16.7. The Morgan fingerprint density at radius 3 is 2.60 bits per heavy atom. The summed E-state index contributed by atoms with van der Waals surface area (Å²) in [7, 11) is 6.28. The second-order valence-electron chi connectivity index (χ2n) is 7.41. The van der Waals surface area contributed by atoms with Gasteiger partial charge < -0.3 is 19.7 Å². The average Bonchev–Trinajstić information content (AvgIpc) is 2.95. The molecule has 0 spiro atoms. The lowest BCUT2D eigenvalue weighted by molar-refractivity contribution is 0.0759. The number of carbonyl (C=O) groups excluding carboxylic acids is 1. The fourth-order valence-electron chi connectivity index (χ4n) is 3.77. The fraction of sp³-hybridized carbons (Fsp3) is 0.550. The Morgan fingerprint density at radius 1 is 1.20 bits per heavy atom. The van der Waals surface area contributed by atoms with E-state index in [1.54, 1.807) is 0 Å². The number of aromatic nitrogens is 1. The standard InChI is InChI=1S/C20H30N4O/c1-15-19(17-7-5-6-8-18(17)21-15)20(25)24(4)14-13-23(3)16-9-11-22(2)12-10-16/h5-8,16,21H,9-14H2,1-4H3. The van der Waals surface area contributed by atoms with Crippen molar-refractivity contribution in [2.24, 2.45) is 0 Å². The number of likely N-dealkylation sites (tertiary alicyclic amines) is 1. The third-order valence-corrected chi connectivity index (χ3v) is 5.55. The molecule has 1 N–H and O–H groups in total. The Balaban J connectivity index is 1.61. The van der Waals surface area contributed by atoms with Crippen molar-refractivity contribution in [3.05, 3.63) is 35.5 Å². The van der Waals surface area contributed by atoms with E-state index in [1.807, 2.05) is 43.1 Å². The number of hydrogen-bond donors (Lipinski definition) is 1. The van der Waals surface area contributed by atoms with E-state index in [0.29, 0.717) is 6.04 Å². The van der Waals surface area contributed by atoms with Gasteiger partial charge in [-0.25, -0.2) is 0 Å². The molecule has 0 bridgehead atoms. The molecule has 5 nitrogen and oxygen atoms in total. The van der Waals surface area contributed by atoms with Crippen LogP contribution in [-0.2, 0) is 0 Å². The molecule has 0 radical (unpaired) electrons. The smallest absolute Gasteiger partial charge is 0.256 e. The van der Waals surface area contributed by atoms with Crippen LogP contribution in [0.25, 0.3) is 10.9 Å². The van der Waals surface area contributed by atoms with E-state index in [2.05, 4.69) is 28.9 Å². The number of aromatic amines is 1. The summed E-state index contributed by atoms with van der Waals surface area (Å²) < 4.78 is 0. The maximum Gasteiger partial charge on any atom is 0.256 e. The summed E-state index contributed by atoms with van der Waals surface area (Å²) in [5.41, 5.74) is 2.78. The van der Waals surface area contributed by atoms with E-state index in [0.717, 1.165) is 48.3 Å². The zero-order valence-corrected chi connectivity index (χ0v) is 15.9. The molecule has 1 aliphatic heterocycles. The number of hydrogen-bond acceptors (Lipinski definition) is 3. The molecule has 3 rings (SSSR count). The van der Waals surface area contributed by atoms with Crippen molar-refractivity contribution in [2.75, 3.05) is 47.3 Å². The number of nitrogens with one attached hydrogen (secondary N) is 1. The van der Waals surface area contributed by atoms with Gasteiger partial charge in [-0.2, -0.15) is 0 Å². The van der Waals surface area contributed by atoms with Crippen LogP contribution >= 0.6 is 0 Å². The number of piperidine rings is 1. The molecule has 136 valence electrons. The largest absolute Gasteiger partial charge is 0.358 e. The lowest BCUT2D eigenvalue weighted by Gasteiger charge is -2.35. The van der Waals surface area contributed by atoms with Crippen molar-refractivity contribution < 1.29 is 4.79 Å². The van der Waals surface area contributed by atoms with Gasteiger partial charge in [-0.1, -0.05) is 18.2 Å². The highest BCUT2D eigenvalue weighted by molar-refractivity contribution is 6.08. The molecule has 25 heavy (non-hydrogen) atoms. The molecular weight excluding hydrogens is 312 g/mol. The summed E-state index contributed by atoms with van der Waals surface area (Å²) in [5, 5.41) is 1.01. The summed E-state index contributed by atoms with van der Waals surface area (Å²) >= 11 is 0. The number of para-hydroxylation sites is 1. The molecule has 2 aromatic rings. The van der Waals surface area contributed by atoms with E-state index in [-0.39, 0.29) is 5.91 Å².